The minimum Gasteiger partial charge on any atom is -0.454 e. The Labute approximate surface area is 181 Å². The number of anilines is 1. The number of carbonyl (C=O) groups is 1. The summed E-state index contributed by atoms with van der Waals surface area (Å²) in [5.74, 6) is 1.02. The van der Waals surface area contributed by atoms with Crippen molar-refractivity contribution in [2.75, 3.05) is 12.1 Å². The summed E-state index contributed by atoms with van der Waals surface area (Å²) in [6.07, 6.45) is 3.14. The SMILES string of the molecule is Cc1nc(-c2c3n(c(=O)n(CC(=O)Nc4ccc5c(c4)OCO5)c2=O)CCCCC3)no1. The van der Waals surface area contributed by atoms with E-state index in [4.69, 9.17) is 14.0 Å². The van der Waals surface area contributed by atoms with Crippen LogP contribution in [0.3, 0.4) is 0 Å². The monoisotopic (exact) mass is 439 g/mol. The summed E-state index contributed by atoms with van der Waals surface area (Å²) in [6, 6.07) is 4.96. The van der Waals surface area contributed by atoms with Crippen molar-refractivity contribution in [2.24, 2.45) is 0 Å². The van der Waals surface area contributed by atoms with E-state index in [-0.39, 0.29) is 18.2 Å². The lowest BCUT2D eigenvalue weighted by Crippen LogP contribution is -2.44. The van der Waals surface area contributed by atoms with Crippen LogP contribution >= 0.6 is 0 Å². The zero-order chi connectivity index (χ0) is 22.2. The van der Waals surface area contributed by atoms with Crippen molar-refractivity contribution in [1.29, 1.82) is 0 Å². The van der Waals surface area contributed by atoms with Gasteiger partial charge in [-0.2, -0.15) is 4.98 Å². The van der Waals surface area contributed by atoms with Crippen LogP contribution in [0.25, 0.3) is 11.4 Å². The fourth-order valence-corrected chi connectivity index (χ4v) is 4.05. The molecule has 2 aliphatic heterocycles. The lowest BCUT2D eigenvalue weighted by atomic mass is 10.1. The molecule has 1 aromatic carbocycles. The number of amides is 1. The maximum atomic E-state index is 13.3. The summed E-state index contributed by atoms with van der Waals surface area (Å²) in [5, 5.41) is 6.59. The third kappa shape index (κ3) is 3.55. The first-order chi connectivity index (χ1) is 15.5. The van der Waals surface area contributed by atoms with E-state index in [2.05, 4.69) is 15.5 Å². The van der Waals surface area contributed by atoms with Gasteiger partial charge >= 0.3 is 5.69 Å². The average molecular weight is 439 g/mol. The van der Waals surface area contributed by atoms with Crippen LogP contribution in [0, 0.1) is 6.92 Å². The number of fused-ring (bicyclic) bond motifs is 2. The summed E-state index contributed by atoms with van der Waals surface area (Å²) < 4.78 is 18.1. The molecule has 2 aliphatic rings. The van der Waals surface area contributed by atoms with Crippen LogP contribution in [0.2, 0.25) is 0 Å². The molecule has 0 unspecified atom stereocenters. The number of ether oxygens (including phenoxy) is 2. The standard InChI is InChI=1S/C21H21N5O6/c1-12-22-19(24-32-12)18-14-5-3-2-4-8-25(14)21(29)26(20(18)28)10-17(27)23-13-6-7-15-16(9-13)31-11-30-15/h6-7,9H,2-5,8,10-11H2,1H3,(H,23,27). The fraction of sp³-hybridized carbons (Fsp3) is 0.381. The Hall–Kier alpha value is -3.89. The molecular weight excluding hydrogens is 418 g/mol. The van der Waals surface area contributed by atoms with Gasteiger partial charge in [-0.25, -0.2) is 4.79 Å². The number of hydrogen-bond donors (Lipinski definition) is 1. The molecular formula is C21H21N5O6. The molecule has 1 amide bonds. The Kier molecular flexibility index (Phi) is 5.00. The first kappa shape index (κ1) is 20.0. The quantitative estimate of drug-likeness (QED) is 0.647. The van der Waals surface area contributed by atoms with Crippen LogP contribution in [0.1, 0.15) is 30.8 Å². The van der Waals surface area contributed by atoms with Gasteiger partial charge in [0.2, 0.25) is 24.4 Å². The van der Waals surface area contributed by atoms with Gasteiger partial charge in [0.05, 0.1) is 0 Å². The largest absolute Gasteiger partial charge is 0.454 e. The maximum Gasteiger partial charge on any atom is 0.331 e. The van der Waals surface area contributed by atoms with Crippen LogP contribution < -0.4 is 26.0 Å². The number of benzene rings is 1. The minimum absolute atomic E-state index is 0.117. The molecule has 3 aromatic rings. The van der Waals surface area contributed by atoms with Crippen molar-refractivity contribution in [3.05, 3.63) is 50.6 Å². The molecule has 0 saturated carbocycles. The van der Waals surface area contributed by atoms with Gasteiger partial charge in [0, 0.05) is 30.9 Å². The number of rotatable bonds is 4. The van der Waals surface area contributed by atoms with E-state index >= 15 is 0 Å². The van der Waals surface area contributed by atoms with Gasteiger partial charge in [0.15, 0.2) is 11.5 Å². The van der Waals surface area contributed by atoms with Gasteiger partial charge in [0.25, 0.3) is 5.56 Å². The third-order valence-electron chi connectivity index (χ3n) is 5.54. The number of aromatic nitrogens is 4. The lowest BCUT2D eigenvalue weighted by molar-refractivity contribution is -0.116. The van der Waals surface area contributed by atoms with E-state index < -0.39 is 23.7 Å². The third-order valence-corrected chi connectivity index (χ3v) is 5.54. The Morgan fingerprint density at radius 2 is 2.00 bits per heavy atom. The molecule has 11 heteroatoms. The van der Waals surface area contributed by atoms with Crippen molar-refractivity contribution < 1.29 is 18.8 Å². The fourth-order valence-electron chi connectivity index (χ4n) is 4.05. The number of hydrogen-bond acceptors (Lipinski definition) is 8. The van der Waals surface area contributed by atoms with E-state index in [1.165, 1.54) is 0 Å². The molecule has 11 nitrogen and oxygen atoms in total. The van der Waals surface area contributed by atoms with Crippen molar-refractivity contribution in [1.82, 2.24) is 19.3 Å². The first-order valence-electron chi connectivity index (χ1n) is 10.4. The van der Waals surface area contributed by atoms with E-state index in [0.29, 0.717) is 41.7 Å². The molecule has 1 N–H and O–H groups in total. The number of aryl methyl sites for hydroxylation is 1. The van der Waals surface area contributed by atoms with Crippen LogP contribution in [-0.2, 0) is 24.3 Å². The van der Waals surface area contributed by atoms with Crippen LogP contribution in [0.5, 0.6) is 11.5 Å². The molecule has 166 valence electrons. The molecule has 0 aliphatic carbocycles. The Bertz CT molecular complexity index is 1320. The highest BCUT2D eigenvalue weighted by atomic mass is 16.7. The molecule has 0 atom stereocenters. The minimum atomic E-state index is -0.607. The molecule has 0 bridgehead atoms. The van der Waals surface area contributed by atoms with Crippen molar-refractivity contribution >= 4 is 11.6 Å². The van der Waals surface area contributed by atoms with Gasteiger partial charge in [-0.3, -0.25) is 18.7 Å². The normalized spacial score (nSPS) is 14.7. The first-order valence-corrected chi connectivity index (χ1v) is 10.4. The Morgan fingerprint density at radius 3 is 2.81 bits per heavy atom. The summed E-state index contributed by atoms with van der Waals surface area (Å²) >= 11 is 0. The van der Waals surface area contributed by atoms with E-state index in [9.17, 15) is 14.4 Å². The van der Waals surface area contributed by atoms with E-state index in [1.807, 2.05) is 0 Å². The maximum absolute atomic E-state index is 13.3. The summed E-state index contributed by atoms with van der Waals surface area (Å²) in [6.45, 7) is 1.76. The predicted molar refractivity (Wildman–Crippen MR) is 112 cm³/mol. The van der Waals surface area contributed by atoms with Crippen molar-refractivity contribution in [3.63, 3.8) is 0 Å². The summed E-state index contributed by atoms with van der Waals surface area (Å²) in [4.78, 5) is 43.4. The van der Waals surface area contributed by atoms with Crippen molar-refractivity contribution in [2.45, 2.75) is 45.7 Å². The van der Waals surface area contributed by atoms with Crippen LogP contribution in [-0.4, -0.2) is 32.0 Å². The predicted octanol–water partition coefficient (Wildman–Crippen LogP) is 1.46. The molecule has 5 rings (SSSR count). The summed E-state index contributed by atoms with van der Waals surface area (Å²) in [5.41, 5.74) is 0.141. The molecule has 0 saturated heterocycles. The highest BCUT2D eigenvalue weighted by molar-refractivity contribution is 5.91. The average Bonchev–Trinajstić information content (AvgIpc) is 3.33. The summed E-state index contributed by atoms with van der Waals surface area (Å²) in [7, 11) is 0. The topological polar surface area (TPSA) is 130 Å². The highest BCUT2D eigenvalue weighted by Crippen LogP contribution is 2.34. The Morgan fingerprint density at radius 1 is 1.16 bits per heavy atom. The molecule has 0 spiro atoms. The van der Waals surface area contributed by atoms with Gasteiger partial charge in [-0.05, 0) is 31.4 Å². The molecule has 0 fully saturated rings. The molecule has 4 heterocycles. The van der Waals surface area contributed by atoms with Gasteiger partial charge < -0.3 is 19.3 Å². The zero-order valence-corrected chi connectivity index (χ0v) is 17.4. The molecule has 32 heavy (non-hydrogen) atoms. The Balaban J connectivity index is 1.52. The second kappa shape index (κ2) is 7.98. The molecule has 0 radical (unpaired) electrons. The van der Waals surface area contributed by atoms with E-state index in [1.54, 1.807) is 29.7 Å². The highest BCUT2D eigenvalue weighted by Gasteiger charge is 2.25. The smallest absolute Gasteiger partial charge is 0.331 e. The van der Waals surface area contributed by atoms with Gasteiger partial charge in [-0.15, -0.1) is 0 Å². The van der Waals surface area contributed by atoms with Gasteiger partial charge in [-0.1, -0.05) is 11.6 Å². The lowest BCUT2D eigenvalue weighted by Gasteiger charge is -2.16. The zero-order valence-electron chi connectivity index (χ0n) is 17.4. The second-order valence-electron chi connectivity index (χ2n) is 7.71. The number of nitrogens with zero attached hydrogens (tertiary/aromatic N) is 4. The number of carbonyl (C=O) groups excluding carboxylic acids is 1. The van der Waals surface area contributed by atoms with E-state index in [0.717, 1.165) is 23.8 Å². The molecule has 2 aromatic heterocycles. The number of nitrogens with one attached hydrogen (secondary N) is 1. The van der Waals surface area contributed by atoms with Gasteiger partial charge in [0.1, 0.15) is 12.1 Å². The van der Waals surface area contributed by atoms with Crippen molar-refractivity contribution in [3.8, 4) is 22.9 Å². The van der Waals surface area contributed by atoms with Crippen LogP contribution in [0.4, 0.5) is 5.69 Å². The second-order valence-corrected chi connectivity index (χ2v) is 7.71. The van der Waals surface area contributed by atoms with Crippen LogP contribution in [0.15, 0.2) is 32.3 Å².